The van der Waals surface area contributed by atoms with Gasteiger partial charge < -0.3 is 9.47 Å². The maximum Gasteiger partial charge on any atom is 0.170 e. The number of ketones is 1. The van der Waals surface area contributed by atoms with Crippen molar-refractivity contribution in [2.45, 2.75) is 6.42 Å². The summed E-state index contributed by atoms with van der Waals surface area (Å²) in [6.07, 6.45) is 0.213. The van der Waals surface area contributed by atoms with Crippen LogP contribution in [0.4, 0.5) is 4.39 Å². The first-order chi connectivity index (χ1) is 10.2. The molecule has 0 bridgehead atoms. The standard InChI is InChI=1S/C17H17FO3/c1-20-10-11-21-17-5-3-2-4-15(17)16(19)12-13-6-8-14(18)9-7-13/h2-9H,10-12H2,1H3. The first-order valence-electron chi connectivity index (χ1n) is 6.69. The summed E-state index contributed by atoms with van der Waals surface area (Å²) in [5.74, 6) is 0.172. The van der Waals surface area contributed by atoms with Crippen molar-refractivity contribution >= 4 is 5.78 Å². The monoisotopic (exact) mass is 288 g/mol. The van der Waals surface area contributed by atoms with Crippen LogP contribution >= 0.6 is 0 Å². The predicted molar refractivity (Wildman–Crippen MR) is 78.2 cm³/mol. The van der Waals surface area contributed by atoms with E-state index in [1.54, 1.807) is 37.4 Å². The summed E-state index contributed by atoms with van der Waals surface area (Å²) >= 11 is 0. The van der Waals surface area contributed by atoms with E-state index < -0.39 is 0 Å². The fourth-order valence-electron chi connectivity index (χ4n) is 1.94. The number of Topliss-reactive ketones (excluding diaryl/α,β-unsaturated/α-hetero) is 1. The van der Waals surface area contributed by atoms with Gasteiger partial charge in [-0.1, -0.05) is 24.3 Å². The first-order valence-corrected chi connectivity index (χ1v) is 6.69. The van der Waals surface area contributed by atoms with Crippen LogP contribution in [0.3, 0.4) is 0 Å². The van der Waals surface area contributed by atoms with E-state index in [-0.39, 0.29) is 18.0 Å². The van der Waals surface area contributed by atoms with E-state index in [9.17, 15) is 9.18 Å². The molecule has 0 unspecified atom stereocenters. The van der Waals surface area contributed by atoms with Gasteiger partial charge in [0.15, 0.2) is 5.78 Å². The lowest BCUT2D eigenvalue weighted by Gasteiger charge is -2.10. The average Bonchev–Trinajstić information content (AvgIpc) is 2.50. The van der Waals surface area contributed by atoms with Gasteiger partial charge in [0.25, 0.3) is 0 Å². The second-order valence-corrected chi connectivity index (χ2v) is 4.56. The lowest BCUT2D eigenvalue weighted by molar-refractivity contribution is 0.0985. The zero-order valence-corrected chi connectivity index (χ0v) is 11.8. The Hall–Kier alpha value is -2.20. The van der Waals surface area contributed by atoms with Crippen molar-refractivity contribution in [1.29, 1.82) is 0 Å². The number of hydrogen-bond donors (Lipinski definition) is 0. The van der Waals surface area contributed by atoms with Crippen LogP contribution < -0.4 is 4.74 Å². The van der Waals surface area contributed by atoms with E-state index in [1.807, 2.05) is 6.07 Å². The van der Waals surface area contributed by atoms with E-state index in [0.717, 1.165) is 5.56 Å². The third kappa shape index (κ3) is 4.39. The van der Waals surface area contributed by atoms with Crippen molar-refractivity contribution < 1.29 is 18.7 Å². The van der Waals surface area contributed by atoms with Crippen molar-refractivity contribution in [3.05, 3.63) is 65.5 Å². The smallest absolute Gasteiger partial charge is 0.170 e. The molecule has 0 atom stereocenters. The van der Waals surface area contributed by atoms with Crippen LogP contribution in [0.2, 0.25) is 0 Å². The fourth-order valence-corrected chi connectivity index (χ4v) is 1.94. The van der Waals surface area contributed by atoms with Crippen molar-refractivity contribution in [2.24, 2.45) is 0 Å². The largest absolute Gasteiger partial charge is 0.490 e. The summed E-state index contributed by atoms with van der Waals surface area (Å²) < 4.78 is 23.3. The molecule has 0 saturated heterocycles. The molecule has 21 heavy (non-hydrogen) atoms. The van der Waals surface area contributed by atoms with Crippen LogP contribution in [0.5, 0.6) is 5.75 Å². The molecule has 2 rings (SSSR count). The quantitative estimate of drug-likeness (QED) is 0.579. The molecule has 0 aliphatic rings. The number of rotatable bonds is 7. The summed E-state index contributed by atoms with van der Waals surface area (Å²) in [4.78, 5) is 12.3. The van der Waals surface area contributed by atoms with Gasteiger partial charge in [0.05, 0.1) is 12.2 Å². The number of halogens is 1. The minimum Gasteiger partial charge on any atom is -0.490 e. The number of carbonyl (C=O) groups excluding carboxylic acids is 1. The van der Waals surface area contributed by atoms with E-state index in [2.05, 4.69) is 0 Å². The van der Waals surface area contributed by atoms with Crippen LogP contribution in [-0.4, -0.2) is 26.1 Å². The summed E-state index contributed by atoms with van der Waals surface area (Å²) in [6.45, 7) is 0.845. The molecule has 110 valence electrons. The van der Waals surface area contributed by atoms with Crippen molar-refractivity contribution in [3.8, 4) is 5.75 Å². The van der Waals surface area contributed by atoms with Crippen LogP contribution in [0.15, 0.2) is 48.5 Å². The molecule has 4 heteroatoms. The summed E-state index contributed by atoms with van der Waals surface area (Å²) in [6, 6.07) is 13.0. The second kappa shape index (κ2) is 7.55. The molecule has 0 aliphatic carbocycles. The highest BCUT2D eigenvalue weighted by Crippen LogP contribution is 2.20. The lowest BCUT2D eigenvalue weighted by Crippen LogP contribution is -2.10. The van der Waals surface area contributed by atoms with E-state index >= 15 is 0 Å². The normalized spacial score (nSPS) is 10.4. The van der Waals surface area contributed by atoms with Crippen LogP contribution in [0.1, 0.15) is 15.9 Å². The van der Waals surface area contributed by atoms with Gasteiger partial charge in [0, 0.05) is 13.5 Å². The zero-order valence-electron chi connectivity index (χ0n) is 11.8. The van der Waals surface area contributed by atoms with Gasteiger partial charge in [-0.3, -0.25) is 4.79 Å². The molecular formula is C17H17FO3. The molecule has 3 nitrogen and oxygen atoms in total. The third-order valence-corrected chi connectivity index (χ3v) is 3.01. The Morgan fingerprint density at radius 1 is 1.05 bits per heavy atom. The number of methoxy groups -OCH3 is 1. The summed E-state index contributed by atoms with van der Waals surface area (Å²) in [7, 11) is 1.59. The minimum atomic E-state index is -0.311. The highest BCUT2D eigenvalue weighted by molar-refractivity contribution is 5.99. The Labute approximate surface area is 123 Å². The van der Waals surface area contributed by atoms with Gasteiger partial charge in [-0.2, -0.15) is 0 Å². The van der Waals surface area contributed by atoms with Crippen molar-refractivity contribution in [3.63, 3.8) is 0 Å². The molecule has 0 fully saturated rings. The highest BCUT2D eigenvalue weighted by Gasteiger charge is 2.12. The molecule has 0 amide bonds. The molecule has 0 radical (unpaired) electrons. The van der Waals surface area contributed by atoms with Gasteiger partial charge >= 0.3 is 0 Å². The van der Waals surface area contributed by atoms with E-state index in [0.29, 0.717) is 24.5 Å². The lowest BCUT2D eigenvalue weighted by atomic mass is 10.0. The maximum atomic E-state index is 12.9. The van der Waals surface area contributed by atoms with Gasteiger partial charge in [-0.25, -0.2) is 4.39 Å². The number of ether oxygens (including phenoxy) is 2. The molecule has 0 spiro atoms. The minimum absolute atomic E-state index is 0.0605. The number of carbonyl (C=O) groups is 1. The zero-order chi connectivity index (χ0) is 15.1. The molecule has 2 aromatic rings. The second-order valence-electron chi connectivity index (χ2n) is 4.56. The average molecular weight is 288 g/mol. The molecule has 2 aromatic carbocycles. The van der Waals surface area contributed by atoms with E-state index in [1.165, 1.54) is 12.1 Å². The molecular weight excluding hydrogens is 271 g/mol. The Kier molecular flexibility index (Phi) is 5.46. The molecule has 0 aliphatic heterocycles. The molecule has 0 aromatic heterocycles. The number of hydrogen-bond acceptors (Lipinski definition) is 3. The van der Waals surface area contributed by atoms with Gasteiger partial charge in [-0.05, 0) is 29.8 Å². The van der Waals surface area contributed by atoms with Gasteiger partial charge in [-0.15, -0.1) is 0 Å². The summed E-state index contributed by atoms with van der Waals surface area (Å²) in [5.41, 5.74) is 1.30. The van der Waals surface area contributed by atoms with Gasteiger partial charge in [0.2, 0.25) is 0 Å². The predicted octanol–water partition coefficient (Wildman–Crippen LogP) is 3.28. The van der Waals surface area contributed by atoms with Crippen LogP contribution in [0.25, 0.3) is 0 Å². The molecule has 0 saturated carbocycles. The Balaban J connectivity index is 2.09. The van der Waals surface area contributed by atoms with E-state index in [4.69, 9.17) is 9.47 Å². The van der Waals surface area contributed by atoms with Gasteiger partial charge in [0.1, 0.15) is 18.2 Å². The number of benzene rings is 2. The number of para-hydroxylation sites is 1. The maximum absolute atomic E-state index is 12.9. The first kappa shape index (κ1) is 15.2. The Morgan fingerprint density at radius 2 is 1.76 bits per heavy atom. The van der Waals surface area contributed by atoms with Crippen LogP contribution in [0, 0.1) is 5.82 Å². The van der Waals surface area contributed by atoms with Crippen molar-refractivity contribution in [2.75, 3.05) is 20.3 Å². The fraction of sp³-hybridized carbons (Fsp3) is 0.235. The van der Waals surface area contributed by atoms with Crippen LogP contribution in [-0.2, 0) is 11.2 Å². The van der Waals surface area contributed by atoms with Crippen molar-refractivity contribution in [1.82, 2.24) is 0 Å². The SMILES string of the molecule is COCCOc1ccccc1C(=O)Cc1ccc(F)cc1. The highest BCUT2D eigenvalue weighted by atomic mass is 19.1. The third-order valence-electron chi connectivity index (χ3n) is 3.01. The molecule has 0 N–H and O–H groups in total. The Morgan fingerprint density at radius 3 is 2.48 bits per heavy atom. The summed E-state index contributed by atoms with van der Waals surface area (Å²) in [5, 5.41) is 0. The Bertz CT molecular complexity index is 593. The molecule has 0 heterocycles. The topological polar surface area (TPSA) is 35.5 Å².